The third-order valence-corrected chi connectivity index (χ3v) is 7.66. The Morgan fingerprint density at radius 3 is 2.57 bits per heavy atom. The van der Waals surface area contributed by atoms with Gasteiger partial charge in [0, 0.05) is 34.7 Å². The van der Waals surface area contributed by atoms with Crippen LogP contribution in [0.5, 0.6) is 0 Å². The molecular weight excluding hydrogens is 492 g/mol. The van der Waals surface area contributed by atoms with Gasteiger partial charge in [-0.25, -0.2) is 8.42 Å². The Morgan fingerprint density at radius 2 is 1.86 bits per heavy atom. The lowest BCUT2D eigenvalue weighted by Crippen LogP contribution is -2.21. The molecule has 11 heteroatoms. The molecule has 1 amide bonds. The van der Waals surface area contributed by atoms with Gasteiger partial charge in [-0.3, -0.25) is 14.5 Å². The van der Waals surface area contributed by atoms with Crippen molar-refractivity contribution in [3.63, 3.8) is 0 Å². The van der Waals surface area contributed by atoms with Crippen LogP contribution in [0.4, 0.5) is 11.4 Å². The number of aromatic nitrogens is 3. The van der Waals surface area contributed by atoms with E-state index in [0.29, 0.717) is 23.4 Å². The lowest BCUT2D eigenvalue weighted by atomic mass is 10.1. The molecule has 1 atom stereocenters. The van der Waals surface area contributed by atoms with Gasteiger partial charge in [0.05, 0.1) is 10.9 Å². The van der Waals surface area contributed by atoms with E-state index in [-0.39, 0.29) is 27.9 Å². The second kappa shape index (κ2) is 9.75. The largest absolute Gasteiger partial charge is 0.337 e. The summed E-state index contributed by atoms with van der Waals surface area (Å²) in [4.78, 5) is 20.7. The van der Waals surface area contributed by atoms with Crippen LogP contribution >= 0.6 is 0 Å². The van der Waals surface area contributed by atoms with E-state index in [2.05, 4.69) is 25.2 Å². The second-order valence-electron chi connectivity index (χ2n) is 9.35. The number of nitrogens with zero attached hydrogens (tertiary/aromatic N) is 3. The van der Waals surface area contributed by atoms with Gasteiger partial charge in [-0.05, 0) is 67.3 Å². The number of carbonyl (C=O) groups is 1. The normalized spacial score (nSPS) is 15.1. The van der Waals surface area contributed by atoms with E-state index < -0.39 is 16.1 Å². The summed E-state index contributed by atoms with van der Waals surface area (Å²) in [7, 11) is -3.90. The molecule has 2 aromatic heterocycles. The predicted octanol–water partition coefficient (Wildman–Crippen LogP) is 3.91. The summed E-state index contributed by atoms with van der Waals surface area (Å²) < 4.78 is 34.0. The molecule has 4 aromatic rings. The van der Waals surface area contributed by atoms with Crippen molar-refractivity contribution in [3.05, 3.63) is 84.5 Å². The molecule has 1 aliphatic rings. The molecule has 1 fully saturated rings. The highest BCUT2D eigenvalue weighted by Gasteiger charge is 2.44. The topological polar surface area (TPSA) is 153 Å². The minimum absolute atomic E-state index is 0.0275. The number of anilines is 2. The molecule has 0 unspecified atom stereocenters. The molecule has 190 valence electrons. The SMILES string of the molecule is CC1(C(=O)Nc2ccc(NS(=O)(=O)c3cccc(-c4noc([C@@H](N)Cc5cccnc5)n4)c3)cc2)CC1. The van der Waals surface area contributed by atoms with Crippen LogP contribution < -0.4 is 15.8 Å². The van der Waals surface area contributed by atoms with Crippen molar-refractivity contribution in [2.45, 2.75) is 37.1 Å². The third kappa shape index (κ3) is 5.68. The third-order valence-electron chi connectivity index (χ3n) is 6.28. The first-order chi connectivity index (χ1) is 17.7. The van der Waals surface area contributed by atoms with Crippen LogP contribution in [-0.2, 0) is 21.2 Å². The molecule has 1 saturated carbocycles. The number of hydrogen-bond acceptors (Lipinski definition) is 8. The minimum Gasteiger partial charge on any atom is -0.337 e. The predicted molar refractivity (Wildman–Crippen MR) is 138 cm³/mol. The Labute approximate surface area is 214 Å². The summed E-state index contributed by atoms with van der Waals surface area (Å²) in [6, 6.07) is 16.0. The molecule has 0 aliphatic heterocycles. The average Bonchev–Trinajstić information content (AvgIpc) is 3.45. The molecule has 0 bridgehead atoms. The molecule has 10 nitrogen and oxygen atoms in total. The number of benzene rings is 2. The number of pyridine rings is 1. The summed E-state index contributed by atoms with van der Waals surface area (Å²) >= 11 is 0. The van der Waals surface area contributed by atoms with Crippen LogP contribution in [0, 0.1) is 5.41 Å². The van der Waals surface area contributed by atoms with Crippen molar-refractivity contribution in [3.8, 4) is 11.4 Å². The maximum absolute atomic E-state index is 13.0. The van der Waals surface area contributed by atoms with Gasteiger partial charge >= 0.3 is 0 Å². The van der Waals surface area contributed by atoms with Crippen LogP contribution in [0.3, 0.4) is 0 Å². The van der Waals surface area contributed by atoms with E-state index in [1.165, 1.54) is 12.1 Å². The number of hydrogen-bond donors (Lipinski definition) is 3. The summed E-state index contributed by atoms with van der Waals surface area (Å²) in [5.41, 5.74) is 8.29. The maximum Gasteiger partial charge on any atom is 0.261 e. The zero-order valence-corrected chi connectivity index (χ0v) is 20.9. The molecule has 0 radical (unpaired) electrons. The Kier molecular flexibility index (Phi) is 6.48. The number of sulfonamides is 1. The highest BCUT2D eigenvalue weighted by Crippen LogP contribution is 2.45. The minimum atomic E-state index is -3.90. The molecule has 0 saturated heterocycles. The zero-order chi connectivity index (χ0) is 26.0. The molecule has 37 heavy (non-hydrogen) atoms. The van der Waals surface area contributed by atoms with Gasteiger partial charge in [-0.15, -0.1) is 0 Å². The van der Waals surface area contributed by atoms with Crippen molar-refractivity contribution in [1.29, 1.82) is 0 Å². The van der Waals surface area contributed by atoms with Crippen LogP contribution in [0.25, 0.3) is 11.4 Å². The van der Waals surface area contributed by atoms with Gasteiger partial charge in [-0.1, -0.05) is 30.3 Å². The Bertz CT molecular complexity index is 1520. The van der Waals surface area contributed by atoms with Crippen molar-refractivity contribution in [1.82, 2.24) is 15.1 Å². The van der Waals surface area contributed by atoms with E-state index in [1.807, 2.05) is 19.1 Å². The first kappa shape index (κ1) is 24.6. The standard InChI is InChI=1S/C26H26N6O4S/c1-26(11-12-26)25(33)29-19-7-9-20(10-8-19)32-37(34,35)21-6-2-5-18(15-21)23-30-24(36-31-23)22(27)14-17-4-3-13-28-16-17/h2-10,13,15-16,22,32H,11-12,14,27H2,1H3,(H,29,33)/t22-/m0/s1. The number of carbonyl (C=O) groups excluding carboxylic acids is 1. The van der Waals surface area contributed by atoms with Crippen LogP contribution in [0.15, 0.2) is 82.5 Å². The van der Waals surface area contributed by atoms with Crippen LogP contribution in [0.2, 0.25) is 0 Å². The summed E-state index contributed by atoms with van der Waals surface area (Å²) in [6.07, 6.45) is 5.62. The number of rotatable bonds is 9. The molecule has 4 N–H and O–H groups in total. The van der Waals surface area contributed by atoms with Crippen LogP contribution in [-0.4, -0.2) is 29.4 Å². The Morgan fingerprint density at radius 1 is 1.11 bits per heavy atom. The number of nitrogens with one attached hydrogen (secondary N) is 2. The monoisotopic (exact) mass is 518 g/mol. The Hall–Kier alpha value is -4.09. The van der Waals surface area contributed by atoms with Gasteiger partial charge in [0.15, 0.2) is 0 Å². The zero-order valence-electron chi connectivity index (χ0n) is 20.1. The van der Waals surface area contributed by atoms with E-state index >= 15 is 0 Å². The van der Waals surface area contributed by atoms with Gasteiger partial charge in [0.1, 0.15) is 0 Å². The smallest absolute Gasteiger partial charge is 0.261 e. The first-order valence-electron chi connectivity index (χ1n) is 11.7. The highest BCUT2D eigenvalue weighted by molar-refractivity contribution is 7.92. The summed E-state index contributed by atoms with van der Waals surface area (Å²) in [6.45, 7) is 1.92. The highest BCUT2D eigenvalue weighted by atomic mass is 32.2. The fourth-order valence-electron chi connectivity index (χ4n) is 3.70. The van der Waals surface area contributed by atoms with Crippen molar-refractivity contribution in [2.75, 3.05) is 10.0 Å². The Balaban J connectivity index is 1.27. The molecule has 0 spiro atoms. The average molecular weight is 519 g/mol. The van der Waals surface area contributed by atoms with Gasteiger partial charge in [0.2, 0.25) is 17.6 Å². The van der Waals surface area contributed by atoms with Gasteiger partial charge in [-0.2, -0.15) is 4.98 Å². The molecule has 5 rings (SSSR count). The van der Waals surface area contributed by atoms with Gasteiger partial charge < -0.3 is 15.6 Å². The van der Waals surface area contributed by atoms with E-state index in [4.69, 9.17) is 10.3 Å². The van der Waals surface area contributed by atoms with Crippen molar-refractivity contribution in [2.24, 2.45) is 11.1 Å². The first-order valence-corrected chi connectivity index (χ1v) is 13.2. The molecule has 2 aromatic carbocycles. The van der Waals surface area contributed by atoms with E-state index in [1.54, 1.807) is 48.8 Å². The molecule has 1 aliphatic carbocycles. The maximum atomic E-state index is 13.0. The molecule has 2 heterocycles. The van der Waals surface area contributed by atoms with Crippen molar-refractivity contribution >= 4 is 27.3 Å². The fourth-order valence-corrected chi connectivity index (χ4v) is 4.80. The lowest BCUT2D eigenvalue weighted by Gasteiger charge is -2.12. The fraction of sp³-hybridized carbons (Fsp3) is 0.231. The quantitative estimate of drug-likeness (QED) is 0.301. The number of amides is 1. The second-order valence-corrected chi connectivity index (χ2v) is 11.0. The van der Waals surface area contributed by atoms with Gasteiger partial charge in [0.25, 0.3) is 10.0 Å². The van der Waals surface area contributed by atoms with Crippen LogP contribution in [0.1, 0.15) is 37.3 Å². The molecular formula is C26H26N6O4S. The summed E-state index contributed by atoms with van der Waals surface area (Å²) in [5, 5.41) is 6.84. The lowest BCUT2D eigenvalue weighted by molar-refractivity contribution is -0.120. The van der Waals surface area contributed by atoms with Crippen molar-refractivity contribution < 1.29 is 17.7 Å². The van der Waals surface area contributed by atoms with E-state index in [0.717, 1.165) is 18.4 Å². The number of nitrogens with two attached hydrogens (primary N) is 1. The summed E-state index contributed by atoms with van der Waals surface area (Å²) in [5.74, 6) is 0.450. The van der Waals surface area contributed by atoms with E-state index in [9.17, 15) is 13.2 Å².